The molecule has 96 valence electrons. The van der Waals surface area contributed by atoms with Crippen molar-refractivity contribution in [2.75, 3.05) is 7.11 Å². The van der Waals surface area contributed by atoms with Crippen molar-refractivity contribution in [2.24, 2.45) is 12.8 Å². The number of nitrogens with two attached hydrogens (primary N) is 1. The maximum atomic E-state index is 5.70. The van der Waals surface area contributed by atoms with Gasteiger partial charge in [-0.1, -0.05) is 17.8 Å². The van der Waals surface area contributed by atoms with E-state index in [4.69, 9.17) is 10.5 Å². The third kappa shape index (κ3) is 2.83. The summed E-state index contributed by atoms with van der Waals surface area (Å²) in [5.41, 5.74) is 7.92. The van der Waals surface area contributed by atoms with Gasteiger partial charge in [-0.05, 0) is 17.7 Å². The van der Waals surface area contributed by atoms with E-state index in [1.807, 2.05) is 23.7 Å². The lowest BCUT2D eigenvalue weighted by atomic mass is 10.1. The van der Waals surface area contributed by atoms with Crippen LogP contribution in [0.1, 0.15) is 11.1 Å². The van der Waals surface area contributed by atoms with Gasteiger partial charge in [-0.3, -0.25) is 0 Å². The molecule has 0 spiro atoms. The second-order valence-electron chi connectivity index (χ2n) is 3.86. The maximum absolute atomic E-state index is 5.70. The van der Waals surface area contributed by atoms with E-state index in [1.165, 1.54) is 5.56 Å². The highest BCUT2D eigenvalue weighted by atomic mass is 32.2. The third-order valence-electron chi connectivity index (χ3n) is 2.60. The number of aryl methyl sites for hydroxylation is 1. The molecule has 1 heterocycles. The van der Waals surface area contributed by atoms with Gasteiger partial charge in [0.25, 0.3) is 0 Å². The number of methoxy groups -OCH3 is 1. The van der Waals surface area contributed by atoms with Crippen LogP contribution in [0.2, 0.25) is 0 Å². The van der Waals surface area contributed by atoms with Crippen LogP contribution in [-0.4, -0.2) is 21.9 Å². The number of hydrogen-bond donors (Lipinski definition) is 1. The summed E-state index contributed by atoms with van der Waals surface area (Å²) in [4.78, 5) is 0. The smallest absolute Gasteiger partial charge is 0.191 e. The minimum Gasteiger partial charge on any atom is -0.496 e. The fourth-order valence-corrected chi connectivity index (χ4v) is 2.46. The van der Waals surface area contributed by atoms with Gasteiger partial charge in [0.2, 0.25) is 0 Å². The number of aromatic nitrogens is 3. The van der Waals surface area contributed by atoms with Gasteiger partial charge < -0.3 is 15.0 Å². The predicted octanol–water partition coefficient (Wildman–Crippen LogP) is 1.57. The van der Waals surface area contributed by atoms with Crippen molar-refractivity contribution >= 4 is 11.8 Å². The lowest BCUT2D eigenvalue weighted by Crippen LogP contribution is -2.00. The first kappa shape index (κ1) is 12.9. The van der Waals surface area contributed by atoms with Gasteiger partial charge >= 0.3 is 0 Å². The topological polar surface area (TPSA) is 66.0 Å². The Balaban J connectivity index is 2.08. The van der Waals surface area contributed by atoms with E-state index in [1.54, 1.807) is 25.2 Å². The molecular formula is C12H16N4OS. The van der Waals surface area contributed by atoms with Crippen molar-refractivity contribution in [3.63, 3.8) is 0 Å². The number of ether oxygens (including phenoxy) is 1. The number of thioether (sulfide) groups is 1. The molecule has 5 nitrogen and oxygen atoms in total. The quantitative estimate of drug-likeness (QED) is 0.830. The van der Waals surface area contributed by atoms with Gasteiger partial charge in [-0.2, -0.15) is 0 Å². The van der Waals surface area contributed by atoms with Crippen LogP contribution in [0, 0.1) is 0 Å². The number of benzene rings is 1. The number of rotatable bonds is 5. The van der Waals surface area contributed by atoms with Gasteiger partial charge in [-0.15, -0.1) is 10.2 Å². The summed E-state index contributed by atoms with van der Waals surface area (Å²) in [6, 6.07) is 6.07. The predicted molar refractivity (Wildman–Crippen MR) is 71.4 cm³/mol. The molecule has 2 rings (SSSR count). The lowest BCUT2D eigenvalue weighted by Gasteiger charge is -2.08. The highest BCUT2D eigenvalue weighted by molar-refractivity contribution is 7.98. The second-order valence-corrected chi connectivity index (χ2v) is 4.81. The van der Waals surface area contributed by atoms with E-state index < -0.39 is 0 Å². The first-order chi connectivity index (χ1) is 8.74. The lowest BCUT2D eigenvalue weighted by molar-refractivity contribution is 0.409. The van der Waals surface area contributed by atoms with Crippen molar-refractivity contribution in [3.05, 3.63) is 35.7 Å². The Bertz CT molecular complexity index is 527. The van der Waals surface area contributed by atoms with E-state index in [0.717, 1.165) is 22.2 Å². The zero-order valence-corrected chi connectivity index (χ0v) is 11.3. The summed E-state index contributed by atoms with van der Waals surface area (Å²) in [6.07, 6.45) is 1.70. The monoisotopic (exact) mass is 264 g/mol. The minimum absolute atomic E-state index is 0.478. The molecule has 1 aromatic heterocycles. The first-order valence-corrected chi connectivity index (χ1v) is 6.55. The van der Waals surface area contributed by atoms with Crippen molar-refractivity contribution < 1.29 is 4.74 Å². The fourth-order valence-electron chi connectivity index (χ4n) is 1.63. The molecular weight excluding hydrogens is 248 g/mol. The van der Waals surface area contributed by atoms with Gasteiger partial charge in [-0.25, -0.2) is 0 Å². The highest BCUT2D eigenvalue weighted by Gasteiger charge is 2.05. The number of hydrogen-bond acceptors (Lipinski definition) is 5. The summed E-state index contributed by atoms with van der Waals surface area (Å²) in [7, 11) is 3.59. The Hall–Kier alpha value is -1.53. The van der Waals surface area contributed by atoms with E-state index in [2.05, 4.69) is 16.3 Å². The van der Waals surface area contributed by atoms with Crippen molar-refractivity contribution in [2.45, 2.75) is 17.5 Å². The van der Waals surface area contributed by atoms with Gasteiger partial charge in [0, 0.05) is 24.9 Å². The Morgan fingerprint density at radius 3 is 2.89 bits per heavy atom. The summed E-state index contributed by atoms with van der Waals surface area (Å²) in [6.45, 7) is 0.478. The van der Waals surface area contributed by atoms with Crippen LogP contribution in [0.3, 0.4) is 0 Å². The largest absolute Gasteiger partial charge is 0.496 e. The van der Waals surface area contributed by atoms with Crippen LogP contribution in [0.15, 0.2) is 29.7 Å². The molecule has 0 saturated heterocycles. The summed E-state index contributed by atoms with van der Waals surface area (Å²) in [5, 5.41) is 8.78. The first-order valence-electron chi connectivity index (χ1n) is 5.57. The molecule has 1 aromatic carbocycles. The summed E-state index contributed by atoms with van der Waals surface area (Å²) >= 11 is 1.65. The minimum atomic E-state index is 0.478. The molecule has 0 atom stereocenters. The standard InChI is InChI=1S/C12H16N4OS/c1-16-8-14-15-12(16)18-7-9-3-4-11(17-2)10(5-9)6-13/h3-5,8H,6-7,13H2,1-2H3. The van der Waals surface area contributed by atoms with Crippen LogP contribution in [0.5, 0.6) is 5.75 Å². The Morgan fingerprint density at radius 1 is 1.44 bits per heavy atom. The summed E-state index contributed by atoms with van der Waals surface area (Å²) in [5.74, 6) is 1.67. The Kier molecular flexibility index (Phi) is 4.22. The van der Waals surface area contributed by atoms with Gasteiger partial charge in [0.1, 0.15) is 12.1 Å². The molecule has 0 aliphatic rings. The average molecular weight is 264 g/mol. The zero-order valence-electron chi connectivity index (χ0n) is 10.5. The molecule has 0 unspecified atom stereocenters. The van der Waals surface area contributed by atoms with Crippen LogP contribution in [-0.2, 0) is 19.3 Å². The Morgan fingerprint density at radius 2 is 2.28 bits per heavy atom. The van der Waals surface area contributed by atoms with E-state index in [0.29, 0.717) is 6.54 Å². The molecule has 2 N–H and O–H groups in total. The average Bonchev–Trinajstić information content (AvgIpc) is 2.81. The molecule has 6 heteroatoms. The van der Waals surface area contributed by atoms with Crippen LogP contribution in [0.25, 0.3) is 0 Å². The van der Waals surface area contributed by atoms with Crippen molar-refractivity contribution in [1.82, 2.24) is 14.8 Å². The third-order valence-corrected chi connectivity index (χ3v) is 3.71. The van der Waals surface area contributed by atoms with E-state index in [-0.39, 0.29) is 0 Å². The summed E-state index contributed by atoms with van der Waals surface area (Å²) < 4.78 is 7.15. The molecule has 2 aromatic rings. The van der Waals surface area contributed by atoms with Gasteiger partial charge in [0.15, 0.2) is 5.16 Å². The Labute approximate surface area is 110 Å². The molecule has 18 heavy (non-hydrogen) atoms. The van der Waals surface area contributed by atoms with E-state index in [9.17, 15) is 0 Å². The molecule has 0 fully saturated rings. The van der Waals surface area contributed by atoms with Crippen LogP contribution in [0.4, 0.5) is 0 Å². The second kappa shape index (κ2) is 5.88. The zero-order chi connectivity index (χ0) is 13.0. The normalized spacial score (nSPS) is 10.6. The molecule has 0 radical (unpaired) electrons. The molecule has 0 bridgehead atoms. The molecule has 0 saturated carbocycles. The SMILES string of the molecule is COc1ccc(CSc2nncn2C)cc1CN. The van der Waals surface area contributed by atoms with E-state index >= 15 is 0 Å². The number of nitrogens with zero attached hydrogens (tertiary/aromatic N) is 3. The molecule has 0 aliphatic heterocycles. The molecule has 0 aliphatic carbocycles. The maximum Gasteiger partial charge on any atom is 0.191 e. The molecule has 0 amide bonds. The van der Waals surface area contributed by atoms with Crippen LogP contribution < -0.4 is 10.5 Å². The fraction of sp³-hybridized carbons (Fsp3) is 0.333. The van der Waals surface area contributed by atoms with Crippen molar-refractivity contribution in [3.8, 4) is 5.75 Å². The highest BCUT2D eigenvalue weighted by Crippen LogP contribution is 2.24. The van der Waals surface area contributed by atoms with Crippen LogP contribution >= 0.6 is 11.8 Å². The van der Waals surface area contributed by atoms with Gasteiger partial charge in [0.05, 0.1) is 7.11 Å². The van der Waals surface area contributed by atoms with Crippen molar-refractivity contribution in [1.29, 1.82) is 0 Å².